The quantitative estimate of drug-likeness (QED) is 0.489. The number of nitrogens with one attached hydrogen (secondary N) is 1. The van der Waals surface area contributed by atoms with Crippen molar-refractivity contribution in [3.63, 3.8) is 0 Å². The molecule has 122 valence electrons. The molecule has 25 heavy (non-hydrogen) atoms. The minimum atomic E-state index is 0.0114. The van der Waals surface area contributed by atoms with E-state index in [9.17, 15) is 0 Å². The first-order valence-corrected chi connectivity index (χ1v) is 8.61. The molecule has 1 aromatic heterocycles. The largest absolute Gasteiger partial charge is 0.332 e. The summed E-state index contributed by atoms with van der Waals surface area (Å²) in [6.45, 7) is 0. The molecule has 0 unspecified atom stereocenters. The molecule has 0 fully saturated rings. The first kappa shape index (κ1) is 15.7. The third kappa shape index (κ3) is 3.21. The fourth-order valence-corrected chi connectivity index (χ4v) is 3.34. The van der Waals surface area contributed by atoms with Gasteiger partial charge < -0.3 is 4.98 Å². The van der Waals surface area contributed by atoms with E-state index < -0.39 is 0 Å². The normalized spacial score (nSPS) is 11.0. The van der Waals surface area contributed by atoms with Crippen LogP contribution in [0.15, 0.2) is 91.0 Å². The Hall–Kier alpha value is -2.84. The van der Waals surface area contributed by atoms with Crippen molar-refractivity contribution in [1.82, 2.24) is 9.97 Å². The molecule has 0 aliphatic carbocycles. The van der Waals surface area contributed by atoms with Crippen LogP contribution in [-0.2, 0) is 0 Å². The summed E-state index contributed by atoms with van der Waals surface area (Å²) in [4.78, 5) is 8.14. The molecule has 1 N–H and O–H groups in total. The highest BCUT2D eigenvalue weighted by molar-refractivity contribution is 6.31. The Balaban J connectivity index is 1.84. The summed E-state index contributed by atoms with van der Waals surface area (Å²) in [5.74, 6) is 0.860. The molecular formula is C22H17ClN2. The molecule has 2 nitrogen and oxygen atoms in total. The van der Waals surface area contributed by atoms with Crippen molar-refractivity contribution in [2.75, 3.05) is 0 Å². The minimum Gasteiger partial charge on any atom is -0.332 e. The highest BCUT2D eigenvalue weighted by Gasteiger charge is 2.22. The maximum Gasteiger partial charge on any atom is 0.134 e. The van der Waals surface area contributed by atoms with Gasteiger partial charge in [-0.25, -0.2) is 4.98 Å². The van der Waals surface area contributed by atoms with E-state index in [0.29, 0.717) is 5.15 Å². The van der Waals surface area contributed by atoms with E-state index in [1.165, 1.54) is 11.1 Å². The van der Waals surface area contributed by atoms with Gasteiger partial charge in [-0.15, -0.1) is 0 Å². The fraction of sp³-hybridized carbons (Fsp3) is 0.0455. The molecular weight excluding hydrogens is 328 g/mol. The Morgan fingerprint density at radius 3 is 1.68 bits per heavy atom. The monoisotopic (exact) mass is 344 g/mol. The smallest absolute Gasteiger partial charge is 0.134 e. The van der Waals surface area contributed by atoms with E-state index in [4.69, 9.17) is 16.6 Å². The van der Waals surface area contributed by atoms with Gasteiger partial charge in [0.1, 0.15) is 16.7 Å². The third-order valence-corrected chi connectivity index (χ3v) is 4.54. The van der Waals surface area contributed by atoms with Crippen molar-refractivity contribution in [1.29, 1.82) is 0 Å². The lowest BCUT2D eigenvalue weighted by Crippen LogP contribution is -2.05. The molecule has 0 saturated heterocycles. The second kappa shape index (κ2) is 6.96. The van der Waals surface area contributed by atoms with Crippen molar-refractivity contribution < 1.29 is 0 Å². The zero-order valence-corrected chi connectivity index (χ0v) is 14.3. The Labute approximate surface area is 152 Å². The molecule has 0 amide bonds. The number of rotatable bonds is 4. The molecule has 4 rings (SSSR count). The van der Waals surface area contributed by atoms with Gasteiger partial charge in [-0.2, -0.15) is 0 Å². The van der Waals surface area contributed by atoms with Crippen LogP contribution in [0.5, 0.6) is 0 Å². The summed E-state index contributed by atoms with van der Waals surface area (Å²) in [5, 5.41) is 0.568. The second-order valence-corrected chi connectivity index (χ2v) is 6.28. The summed E-state index contributed by atoms with van der Waals surface area (Å²) in [7, 11) is 0. The summed E-state index contributed by atoms with van der Waals surface area (Å²) >= 11 is 6.48. The molecule has 0 aliphatic rings. The number of aromatic nitrogens is 2. The Bertz CT molecular complexity index is 908. The van der Waals surface area contributed by atoms with Gasteiger partial charge in [0.2, 0.25) is 0 Å². The summed E-state index contributed by atoms with van der Waals surface area (Å²) < 4.78 is 0. The molecule has 3 aromatic carbocycles. The van der Waals surface area contributed by atoms with Crippen LogP contribution in [0.3, 0.4) is 0 Å². The van der Waals surface area contributed by atoms with E-state index in [-0.39, 0.29) is 5.92 Å². The first-order valence-electron chi connectivity index (χ1n) is 8.23. The zero-order chi connectivity index (χ0) is 17.1. The SMILES string of the molecule is Clc1[nH]c(C(c2ccccc2)c2ccccc2)nc1-c1ccccc1. The van der Waals surface area contributed by atoms with Crippen molar-refractivity contribution in [2.45, 2.75) is 5.92 Å². The van der Waals surface area contributed by atoms with Crippen molar-refractivity contribution >= 4 is 11.6 Å². The lowest BCUT2D eigenvalue weighted by atomic mass is 9.91. The van der Waals surface area contributed by atoms with Gasteiger partial charge in [0, 0.05) is 5.56 Å². The first-order chi connectivity index (χ1) is 12.3. The number of imidazole rings is 1. The number of H-pyrrole nitrogens is 1. The maximum absolute atomic E-state index is 6.48. The van der Waals surface area contributed by atoms with Gasteiger partial charge in [0.25, 0.3) is 0 Å². The highest BCUT2D eigenvalue weighted by atomic mass is 35.5. The number of hydrogen-bond acceptors (Lipinski definition) is 1. The minimum absolute atomic E-state index is 0.0114. The topological polar surface area (TPSA) is 28.7 Å². The van der Waals surface area contributed by atoms with Crippen LogP contribution in [0.1, 0.15) is 22.9 Å². The molecule has 4 aromatic rings. The van der Waals surface area contributed by atoms with Crippen LogP contribution >= 0.6 is 11.6 Å². The standard InChI is InChI=1S/C22H17ClN2/c23-21-20(18-14-8-3-9-15-18)24-22(25-21)19(16-10-4-1-5-11-16)17-12-6-2-7-13-17/h1-15,19H,(H,24,25). The predicted molar refractivity (Wildman–Crippen MR) is 103 cm³/mol. The zero-order valence-electron chi connectivity index (χ0n) is 13.6. The molecule has 0 aliphatic heterocycles. The van der Waals surface area contributed by atoms with Gasteiger partial charge in [0.15, 0.2) is 0 Å². The lowest BCUT2D eigenvalue weighted by Gasteiger charge is -2.15. The Morgan fingerprint density at radius 2 is 1.16 bits per heavy atom. The van der Waals surface area contributed by atoms with E-state index >= 15 is 0 Å². The highest BCUT2D eigenvalue weighted by Crippen LogP contribution is 2.34. The molecule has 1 heterocycles. The van der Waals surface area contributed by atoms with Crippen molar-refractivity contribution in [2.24, 2.45) is 0 Å². The molecule has 0 atom stereocenters. The Morgan fingerprint density at radius 1 is 0.680 bits per heavy atom. The van der Waals surface area contributed by atoms with Crippen LogP contribution in [0, 0.1) is 0 Å². The van der Waals surface area contributed by atoms with Crippen LogP contribution in [0.25, 0.3) is 11.3 Å². The van der Waals surface area contributed by atoms with Gasteiger partial charge in [-0.3, -0.25) is 0 Å². The van der Waals surface area contributed by atoms with E-state index in [2.05, 4.69) is 29.2 Å². The summed E-state index contributed by atoms with van der Waals surface area (Å²) in [6.07, 6.45) is 0. The average molecular weight is 345 g/mol. The molecule has 0 spiro atoms. The van der Waals surface area contributed by atoms with Crippen molar-refractivity contribution in [3.8, 4) is 11.3 Å². The third-order valence-electron chi connectivity index (χ3n) is 4.26. The van der Waals surface area contributed by atoms with Crippen molar-refractivity contribution in [3.05, 3.63) is 113 Å². The lowest BCUT2D eigenvalue weighted by molar-refractivity contribution is 0.885. The van der Waals surface area contributed by atoms with Gasteiger partial charge in [-0.1, -0.05) is 103 Å². The number of benzene rings is 3. The maximum atomic E-state index is 6.48. The number of nitrogens with zero attached hydrogens (tertiary/aromatic N) is 1. The number of halogens is 1. The number of hydrogen-bond donors (Lipinski definition) is 1. The second-order valence-electron chi connectivity index (χ2n) is 5.91. The molecule has 0 bridgehead atoms. The van der Waals surface area contributed by atoms with Gasteiger partial charge in [0.05, 0.1) is 5.92 Å². The average Bonchev–Trinajstić information content (AvgIpc) is 3.06. The molecule has 3 heteroatoms. The van der Waals surface area contributed by atoms with Crippen LogP contribution in [-0.4, -0.2) is 9.97 Å². The van der Waals surface area contributed by atoms with E-state index in [0.717, 1.165) is 17.1 Å². The van der Waals surface area contributed by atoms with Crippen LogP contribution in [0.4, 0.5) is 0 Å². The van der Waals surface area contributed by atoms with Gasteiger partial charge >= 0.3 is 0 Å². The Kier molecular flexibility index (Phi) is 4.36. The molecule has 0 saturated carbocycles. The fourth-order valence-electron chi connectivity index (χ4n) is 3.09. The molecule has 0 radical (unpaired) electrons. The van der Waals surface area contributed by atoms with E-state index in [1.54, 1.807) is 0 Å². The van der Waals surface area contributed by atoms with Crippen LogP contribution < -0.4 is 0 Å². The predicted octanol–water partition coefficient (Wildman–Crippen LogP) is 5.91. The van der Waals surface area contributed by atoms with Gasteiger partial charge in [-0.05, 0) is 11.1 Å². The van der Waals surface area contributed by atoms with E-state index in [1.807, 2.05) is 66.7 Å². The summed E-state index contributed by atoms with van der Waals surface area (Å²) in [5.41, 5.74) is 4.15. The van der Waals surface area contributed by atoms with Crippen LogP contribution in [0.2, 0.25) is 5.15 Å². The number of aromatic amines is 1. The summed E-state index contributed by atoms with van der Waals surface area (Å²) in [6, 6.07) is 30.7.